The minimum Gasteiger partial charge on any atom is -0.350 e. The smallest absolute Gasteiger partial charge is 0.242 e. The Hall–Kier alpha value is -2.15. The van der Waals surface area contributed by atoms with Gasteiger partial charge in [-0.2, -0.15) is 0 Å². The fraction of sp³-hybridized carbons (Fsp3) is 0.500. The van der Waals surface area contributed by atoms with Crippen molar-refractivity contribution in [2.24, 2.45) is 0 Å². The Morgan fingerprint density at radius 3 is 2.56 bits per heavy atom. The number of hydrogen-bond acceptors (Lipinski definition) is 4. The third-order valence-electron chi connectivity index (χ3n) is 5.55. The molecule has 1 unspecified atom stereocenters. The van der Waals surface area contributed by atoms with Crippen LogP contribution < -0.4 is 5.32 Å². The molecular formula is C20H27N3O3S. The van der Waals surface area contributed by atoms with Crippen LogP contribution in [0.2, 0.25) is 0 Å². The molecule has 1 N–H and O–H groups in total. The van der Waals surface area contributed by atoms with Crippen LogP contribution in [0.25, 0.3) is 0 Å². The van der Waals surface area contributed by atoms with Crippen LogP contribution in [-0.2, 0) is 21.2 Å². The zero-order chi connectivity index (χ0) is 19.7. The number of carbonyl (C=O) groups is 1. The van der Waals surface area contributed by atoms with Gasteiger partial charge in [0.05, 0.1) is 11.2 Å². The van der Waals surface area contributed by atoms with Gasteiger partial charge in [0.25, 0.3) is 0 Å². The van der Waals surface area contributed by atoms with E-state index in [4.69, 9.17) is 0 Å². The second-order valence-electron chi connectivity index (χ2n) is 7.58. The highest BCUT2D eigenvalue weighted by Gasteiger charge is 2.53. The van der Waals surface area contributed by atoms with Gasteiger partial charge in [0.1, 0.15) is 0 Å². The monoisotopic (exact) mass is 389 g/mol. The number of aromatic nitrogens is 2. The van der Waals surface area contributed by atoms with E-state index < -0.39 is 14.6 Å². The molecule has 7 heteroatoms. The second kappa shape index (κ2) is 7.46. The molecular weight excluding hydrogens is 362 g/mol. The third-order valence-corrected chi connectivity index (χ3v) is 8.05. The molecule has 27 heavy (non-hydrogen) atoms. The molecule has 0 saturated heterocycles. The van der Waals surface area contributed by atoms with Crippen LogP contribution >= 0.6 is 0 Å². The summed E-state index contributed by atoms with van der Waals surface area (Å²) in [4.78, 5) is 17.4. The fourth-order valence-electron chi connectivity index (χ4n) is 3.78. The molecule has 146 valence electrons. The molecule has 0 bridgehead atoms. The highest BCUT2D eigenvalue weighted by atomic mass is 32.2. The zero-order valence-corrected chi connectivity index (χ0v) is 16.9. The van der Waals surface area contributed by atoms with Gasteiger partial charge in [-0.05, 0) is 56.9 Å². The largest absolute Gasteiger partial charge is 0.350 e. The highest BCUT2D eigenvalue weighted by Crippen LogP contribution is 2.41. The lowest BCUT2D eigenvalue weighted by molar-refractivity contribution is -0.124. The second-order valence-corrected chi connectivity index (χ2v) is 9.84. The van der Waals surface area contributed by atoms with E-state index in [1.807, 2.05) is 37.6 Å². The van der Waals surface area contributed by atoms with Crippen LogP contribution in [0.4, 0.5) is 0 Å². The van der Waals surface area contributed by atoms with E-state index in [1.54, 1.807) is 24.7 Å². The molecule has 1 amide bonds. The van der Waals surface area contributed by atoms with Crippen molar-refractivity contribution < 1.29 is 13.2 Å². The summed E-state index contributed by atoms with van der Waals surface area (Å²) in [6.07, 6.45) is 7.40. The van der Waals surface area contributed by atoms with Crippen molar-refractivity contribution in [3.8, 4) is 0 Å². The van der Waals surface area contributed by atoms with E-state index in [0.29, 0.717) is 19.4 Å². The number of nitrogens with one attached hydrogen (secondary N) is 1. The van der Waals surface area contributed by atoms with E-state index in [1.165, 1.54) is 0 Å². The van der Waals surface area contributed by atoms with E-state index >= 15 is 0 Å². The van der Waals surface area contributed by atoms with Crippen molar-refractivity contribution in [3.63, 3.8) is 0 Å². The molecule has 0 spiro atoms. The summed E-state index contributed by atoms with van der Waals surface area (Å²) >= 11 is 0. The van der Waals surface area contributed by atoms with Gasteiger partial charge in [0.2, 0.25) is 5.91 Å². The van der Waals surface area contributed by atoms with E-state index in [2.05, 4.69) is 10.3 Å². The predicted molar refractivity (Wildman–Crippen MR) is 104 cm³/mol. The van der Waals surface area contributed by atoms with Crippen LogP contribution in [0.3, 0.4) is 0 Å². The molecule has 1 fully saturated rings. The first-order chi connectivity index (χ1) is 12.8. The standard InChI is InChI=1S/C20H27N3O3S/c1-15-6-7-18(12-16(15)2)27(25,26)20(8-4-5-9-20)19(24)22-17(3)13-23-11-10-21-14-23/h6-7,10-12,14,17H,4-5,8-9,13H2,1-3H3,(H,22,24). The Kier molecular flexibility index (Phi) is 5.42. The van der Waals surface area contributed by atoms with E-state index in [0.717, 1.165) is 24.0 Å². The van der Waals surface area contributed by atoms with Gasteiger partial charge in [-0.3, -0.25) is 4.79 Å². The molecule has 1 aliphatic carbocycles. The first-order valence-electron chi connectivity index (χ1n) is 9.35. The average molecular weight is 390 g/mol. The molecule has 1 atom stereocenters. The number of carbonyl (C=O) groups excluding carboxylic acids is 1. The Balaban J connectivity index is 1.88. The third kappa shape index (κ3) is 3.65. The summed E-state index contributed by atoms with van der Waals surface area (Å²) in [6.45, 7) is 6.26. The maximum absolute atomic E-state index is 13.5. The summed E-state index contributed by atoms with van der Waals surface area (Å²) < 4.78 is 27.5. The average Bonchev–Trinajstić information content (AvgIpc) is 3.29. The number of imidazole rings is 1. The SMILES string of the molecule is Cc1ccc(S(=O)(=O)C2(C(=O)NC(C)Cn3ccnc3)CCCC2)cc1C. The van der Waals surface area contributed by atoms with Crippen LogP contribution in [0, 0.1) is 13.8 Å². The van der Waals surface area contributed by atoms with Gasteiger partial charge in [-0.25, -0.2) is 13.4 Å². The minimum atomic E-state index is -3.78. The number of amides is 1. The van der Waals surface area contributed by atoms with Crippen LogP contribution in [0.1, 0.15) is 43.7 Å². The van der Waals surface area contributed by atoms with Crippen molar-refractivity contribution in [2.75, 3.05) is 0 Å². The van der Waals surface area contributed by atoms with Gasteiger partial charge >= 0.3 is 0 Å². The summed E-state index contributed by atoms with van der Waals surface area (Å²) in [5.41, 5.74) is 1.95. The number of sulfone groups is 1. The van der Waals surface area contributed by atoms with Gasteiger partial charge < -0.3 is 9.88 Å². The van der Waals surface area contributed by atoms with Gasteiger partial charge in [0, 0.05) is 25.0 Å². The van der Waals surface area contributed by atoms with Gasteiger partial charge in [-0.15, -0.1) is 0 Å². The van der Waals surface area contributed by atoms with Crippen molar-refractivity contribution >= 4 is 15.7 Å². The van der Waals surface area contributed by atoms with Crippen molar-refractivity contribution in [1.29, 1.82) is 0 Å². The van der Waals surface area contributed by atoms with Crippen LogP contribution in [0.5, 0.6) is 0 Å². The Morgan fingerprint density at radius 1 is 1.26 bits per heavy atom. The maximum atomic E-state index is 13.5. The minimum absolute atomic E-state index is 0.195. The van der Waals surface area contributed by atoms with Crippen molar-refractivity contribution in [1.82, 2.24) is 14.9 Å². The molecule has 1 aromatic heterocycles. The summed E-state index contributed by atoms with van der Waals surface area (Å²) in [5, 5.41) is 2.94. The number of nitrogens with zero attached hydrogens (tertiary/aromatic N) is 2. The molecule has 1 aliphatic rings. The Labute approximate surface area is 160 Å². The van der Waals surface area contributed by atoms with Crippen LogP contribution in [0.15, 0.2) is 41.8 Å². The lowest BCUT2D eigenvalue weighted by atomic mass is 10.1. The summed E-state index contributed by atoms with van der Waals surface area (Å²) in [7, 11) is -3.78. The molecule has 2 aromatic rings. The maximum Gasteiger partial charge on any atom is 0.242 e. The normalized spacial score (nSPS) is 17.6. The predicted octanol–water partition coefficient (Wildman–Crippen LogP) is 2.79. The Morgan fingerprint density at radius 2 is 1.96 bits per heavy atom. The molecule has 0 radical (unpaired) electrons. The van der Waals surface area contributed by atoms with Crippen molar-refractivity contribution in [3.05, 3.63) is 48.0 Å². The Bertz CT molecular complexity index is 914. The number of rotatable bonds is 6. The summed E-state index contributed by atoms with van der Waals surface area (Å²) in [6, 6.07) is 4.93. The van der Waals surface area contributed by atoms with Gasteiger partial charge in [-0.1, -0.05) is 18.9 Å². The fourth-order valence-corrected chi connectivity index (χ4v) is 5.94. The number of benzene rings is 1. The number of hydrogen-bond donors (Lipinski definition) is 1. The quantitative estimate of drug-likeness (QED) is 0.824. The molecule has 1 aromatic carbocycles. The first-order valence-corrected chi connectivity index (χ1v) is 10.8. The molecule has 3 rings (SSSR count). The first kappa shape index (κ1) is 19.6. The molecule has 6 nitrogen and oxygen atoms in total. The molecule has 1 heterocycles. The topological polar surface area (TPSA) is 81.1 Å². The van der Waals surface area contributed by atoms with Gasteiger partial charge in [0.15, 0.2) is 14.6 Å². The van der Waals surface area contributed by atoms with Crippen molar-refractivity contribution in [2.45, 2.75) is 68.7 Å². The van der Waals surface area contributed by atoms with Crippen LogP contribution in [-0.4, -0.2) is 34.7 Å². The molecule has 0 aliphatic heterocycles. The lowest BCUT2D eigenvalue weighted by Crippen LogP contribution is -2.53. The summed E-state index contributed by atoms with van der Waals surface area (Å²) in [5.74, 6) is -0.383. The lowest BCUT2D eigenvalue weighted by Gasteiger charge is -2.29. The van der Waals surface area contributed by atoms with E-state index in [9.17, 15) is 13.2 Å². The van der Waals surface area contributed by atoms with E-state index in [-0.39, 0.29) is 16.8 Å². The highest BCUT2D eigenvalue weighted by molar-refractivity contribution is 7.93. The zero-order valence-electron chi connectivity index (χ0n) is 16.1. The molecule has 1 saturated carbocycles. The number of aryl methyl sites for hydroxylation is 2.